The molecule has 1 fully saturated rings. The van der Waals surface area contributed by atoms with E-state index in [1.165, 1.54) is 6.42 Å². The topological polar surface area (TPSA) is 41.3 Å². The first-order valence-electron chi connectivity index (χ1n) is 8.29. The Bertz CT molecular complexity index is 638. The summed E-state index contributed by atoms with van der Waals surface area (Å²) in [6, 6.07) is 7.34. The third-order valence-corrected chi connectivity index (χ3v) is 4.69. The van der Waals surface area contributed by atoms with Gasteiger partial charge in [0.05, 0.1) is 24.2 Å². The fourth-order valence-corrected chi connectivity index (χ4v) is 3.57. The third-order valence-electron chi connectivity index (χ3n) is 4.69. The Kier molecular flexibility index (Phi) is 5.23. The van der Waals surface area contributed by atoms with Crippen molar-refractivity contribution in [2.24, 2.45) is 0 Å². The Labute approximate surface area is 134 Å². The Hall–Kier alpha value is -1.53. The van der Waals surface area contributed by atoms with E-state index in [-0.39, 0.29) is 6.61 Å². The van der Waals surface area contributed by atoms with Gasteiger partial charge in [0.15, 0.2) is 0 Å². The largest absolute Gasteiger partial charge is 0.395 e. The van der Waals surface area contributed by atoms with Gasteiger partial charge >= 0.3 is 6.55 Å². The lowest BCUT2D eigenvalue weighted by Gasteiger charge is -2.33. The summed E-state index contributed by atoms with van der Waals surface area (Å²) in [7, 11) is 0. The predicted molar refractivity (Wildman–Crippen MR) is 85.4 cm³/mol. The molecule has 1 N–H and O–H groups in total. The number of halogens is 2. The SMILES string of the molecule is OCCN(Cc1nc2ccccc2n1C(F)F)C1CCCCC1. The third kappa shape index (κ3) is 3.53. The maximum Gasteiger partial charge on any atom is 0.320 e. The van der Waals surface area contributed by atoms with Crippen LogP contribution in [-0.2, 0) is 6.54 Å². The highest BCUT2D eigenvalue weighted by Crippen LogP contribution is 2.27. The molecule has 0 unspecified atom stereocenters. The summed E-state index contributed by atoms with van der Waals surface area (Å²) in [5, 5.41) is 9.35. The number of aliphatic hydroxyl groups excluding tert-OH is 1. The Balaban J connectivity index is 1.89. The normalized spacial score (nSPS) is 16.7. The van der Waals surface area contributed by atoms with Crippen LogP contribution in [0.3, 0.4) is 0 Å². The molecule has 2 aromatic rings. The number of imidazole rings is 1. The molecule has 0 amide bonds. The van der Waals surface area contributed by atoms with Crippen LogP contribution in [0.2, 0.25) is 0 Å². The summed E-state index contributed by atoms with van der Waals surface area (Å²) in [4.78, 5) is 6.52. The molecule has 0 atom stereocenters. The molecule has 1 aromatic carbocycles. The van der Waals surface area contributed by atoms with Crippen LogP contribution in [-0.4, -0.2) is 38.8 Å². The second-order valence-electron chi connectivity index (χ2n) is 6.15. The first-order valence-corrected chi connectivity index (χ1v) is 8.29. The highest BCUT2D eigenvalue weighted by atomic mass is 19.3. The second-order valence-corrected chi connectivity index (χ2v) is 6.15. The van der Waals surface area contributed by atoms with Gasteiger partial charge in [-0.05, 0) is 25.0 Å². The van der Waals surface area contributed by atoms with E-state index in [1.54, 1.807) is 18.2 Å². The minimum atomic E-state index is -2.61. The maximum absolute atomic E-state index is 13.5. The monoisotopic (exact) mass is 323 g/mol. The number of benzene rings is 1. The van der Waals surface area contributed by atoms with Gasteiger partial charge in [-0.15, -0.1) is 0 Å². The number of nitrogens with zero attached hydrogens (tertiary/aromatic N) is 3. The number of para-hydroxylation sites is 2. The number of rotatable bonds is 6. The van der Waals surface area contributed by atoms with Crippen molar-refractivity contribution in [3.05, 3.63) is 30.1 Å². The van der Waals surface area contributed by atoms with E-state index >= 15 is 0 Å². The molecular weight excluding hydrogens is 300 g/mol. The van der Waals surface area contributed by atoms with E-state index < -0.39 is 6.55 Å². The first-order chi connectivity index (χ1) is 11.2. The highest BCUT2D eigenvalue weighted by Gasteiger charge is 2.25. The fraction of sp³-hybridized carbons (Fsp3) is 0.588. The molecule has 0 aliphatic heterocycles. The average molecular weight is 323 g/mol. The van der Waals surface area contributed by atoms with Crippen molar-refractivity contribution in [3.63, 3.8) is 0 Å². The van der Waals surface area contributed by atoms with Crippen molar-refractivity contribution >= 4 is 11.0 Å². The van der Waals surface area contributed by atoms with E-state index in [1.807, 2.05) is 6.07 Å². The van der Waals surface area contributed by atoms with Crippen molar-refractivity contribution in [1.82, 2.24) is 14.5 Å². The summed E-state index contributed by atoms with van der Waals surface area (Å²) >= 11 is 0. The fourth-order valence-electron chi connectivity index (χ4n) is 3.57. The lowest BCUT2D eigenvalue weighted by atomic mass is 9.94. The van der Waals surface area contributed by atoms with Crippen LogP contribution in [0.25, 0.3) is 11.0 Å². The molecular formula is C17H23F2N3O. The Morgan fingerprint density at radius 2 is 1.96 bits per heavy atom. The number of aliphatic hydroxyl groups is 1. The smallest absolute Gasteiger partial charge is 0.320 e. The molecule has 23 heavy (non-hydrogen) atoms. The summed E-state index contributed by atoms with van der Waals surface area (Å²) in [6.07, 6.45) is 5.69. The minimum absolute atomic E-state index is 0.0331. The lowest BCUT2D eigenvalue weighted by Crippen LogP contribution is -2.39. The van der Waals surface area contributed by atoms with E-state index in [0.29, 0.717) is 36.0 Å². The molecule has 4 nitrogen and oxygen atoms in total. The number of alkyl halides is 2. The van der Waals surface area contributed by atoms with Crippen molar-refractivity contribution in [3.8, 4) is 0 Å². The van der Waals surface area contributed by atoms with Crippen molar-refractivity contribution in [2.75, 3.05) is 13.2 Å². The van der Waals surface area contributed by atoms with Gasteiger partial charge in [0.1, 0.15) is 5.82 Å². The van der Waals surface area contributed by atoms with Crippen LogP contribution >= 0.6 is 0 Å². The second kappa shape index (κ2) is 7.36. The van der Waals surface area contributed by atoms with E-state index in [9.17, 15) is 13.9 Å². The predicted octanol–water partition coefficient (Wildman–Crippen LogP) is 3.56. The zero-order valence-corrected chi connectivity index (χ0v) is 13.2. The molecule has 0 bridgehead atoms. The summed E-state index contributed by atoms with van der Waals surface area (Å²) < 4.78 is 28.1. The molecule has 3 rings (SSSR count). The molecule has 126 valence electrons. The number of fused-ring (bicyclic) bond motifs is 1. The minimum Gasteiger partial charge on any atom is -0.395 e. The number of aromatic nitrogens is 2. The molecule has 0 spiro atoms. The van der Waals surface area contributed by atoms with Crippen LogP contribution in [0.4, 0.5) is 8.78 Å². The van der Waals surface area contributed by atoms with Crippen LogP contribution in [0.5, 0.6) is 0 Å². The highest BCUT2D eigenvalue weighted by molar-refractivity contribution is 5.75. The van der Waals surface area contributed by atoms with E-state index in [2.05, 4.69) is 9.88 Å². The molecule has 6 heteroatoms. The van der Waals surface area contributed by atoms with Gasteiger partial charge in [-0.3, -0.25) is 9.47 Å². The van der Waals surface area contributed by atoms with Gasteiger partial charge in [0.25, 0.3) is 0 Å². The zero-order chi connectivity index (χ0) is 16.2. The zero-order valence-electron chi connectivity index (χ0n) is 13.2. The lowest BCUT2D eigenvalue weighted by molar-refractivity contribution is 0.0623. The van der Waals surface area contributed by atoms with Crippen LogP contribution in [0.1, 0.15) is 44.5 Å². The van der Waals surface area contributed by atoms with Crippen molar-refractivity contribution in [1.29, 1.82) is 0 Å². The van der Waals surface area contributed by atoms with Crippen LogP contribution in [0, 0.1) is 0 Å². The van der Waals surface area contributed by atoms with Crippen molar-refractivity contribution in [2.45, 2.75) is 51.2 Å². The van der Waals surface area contributed by atoms with E-state index in [0.717, 1.165) is 30.3 Å². The van der Waals surface area contributed by atoms with Gasteiger partial charge in [0.2, 0.25) is 0 Å². The molecule has 1 saturated carbocycles. The van der Waals surface area contributed by atoms with Crippen molar-refractivity contribution < 1.29 is 13.9 Å². The summed E-state index contributed by atoms with van der Waals surface area (Å²) in [5.41, 5.74) is 1.06. The Morgan fingerprint density at radius 1 is 1.22 bits per heavy atom. The molecule has 1 heterocycles. The molecule has 1 aliphatic carbocycles. The van der Waals surface area contributed by atoms with Crippen LogP contribution < -0.4 is 0 Å². The summed E-state index contributed by atoms with van der Waals surface area (Å²) in [5.74, 6) is 0.375. The van der Waals surface area contributed by atoms with Gasteiger partial charge in [-0.1, -0.05) is 31.4 Å². The van der Waals surface area contributed by atoms with Gasteiger partial charge < -0.3 is 5.11 Å². The molecule has 1 aliphatic rings. The average Bonchev–Trinajstić information content (AvgIpc) is 2.93. The van der Waals surface area contributed by atoms with Gasteiger partial charge in [0, 0.05) is 12.6 Å². The number of hydrogen-bond donors (Lipinski definition) is 1. The quantitative estimate of drug-likeness (QED) is 0.884. The van der Waals surface area contributed by atoms with Gasteiger partial charge in [-0.25, -0.2) is 4.98 Å². The Morgan fingerprint density at radius 3 is 2.65 bits per heavy atom. The molecule has 0 saturated heterocycles. The maximum atomic E-state index is 13.5. The number of hydrogen-bond acceptors (Lipinski definition) is 3. The first kappa shape index (κ1) is 16.3. The van der Waals surface area contributed by atoms with Crippen LogP contribution in [0.15, 0.2) is 24.3 Å². The standard InChI is InChI=1S/C17H23F2N3O/c18-17(19)22-15-9-5-4-8-14(15)20-16(22)12-21(10-11-23)13-6-2-1-3-7-13/h4-5,8-9,13,17,23H,1-3,6-7,10-12H2. The van der Waals surface area contributed by atoms with Gasteiger partial charge in [-0.2, -0.15) is 8.78 Å². The summed E-state index contributed by atoms with van der Waals surface area (Å²) in [6.45, 7) is -1.73. The van der Waals surface area contributed by atoms with E-state index in [4.69, 9.17) is 0 Å². The molecule has 0 radical (unpaired) electrons. The molecule has 1 aromatic heterocycles.